The Morgan fingerprint density at radius 1 is 1.16 bits per heavy atom. The van der Waals surface area contributed by atoms with Crippen molar-refractivity contribution < 1.29 is 19.3 Å². The van der Waals surface area contributed by atoms with Crippen LogP contribution in [0.4, 0.5) is 5.69 Å². The highest BCUT2D eigenvalue weighted by Crippen LogP contribution is 2.33. The van der Waals surface area contributed by atoms with Crippen LogP contribution in [0.1, 0.15) is 6.42 Å². The molecule has 5 heteroatoms. The van der Waals surface area contributed by atoms with Crippen molar-refractivity contribution in [2.24, 2.45) is 5.41 Å². The lowest BCUT2D eigenvalue weighted by molar-refractivity contribution is -0.128. The number of benzene rings is 1. The van der Waals surface area contributed by atoms with Crippen LogP contribution in [0.25, 0.3) is 0 Å². The summed E-state index contributed by atoms with van der Waals surface area (Å²) in [6.07, 6.45) is 0.905. The minimum absolute atomic E-state index is 0.135. The molecule has 0 saturated carbocycles. The van der Waals surface area contributed by atoms with Gasteiger partial charge in [0.15, 0.2) is 11.5 Å². The van der Waals surface area contributed by atoms with Crippen molar-refractivity contribution in [2.45, 2.75) is 6.42 Å². The maximum atomic E-state index is 9.38. The van der Waals surface area contributed by atoms with Crippen LogP contribution in [-0.4, -0.2) is 44.7 Å². The zero-order valence-corrected chi connectivity index (χ0v) is 10.9. The molecule has 19 heavy (non-hydrogen) atoms. The van der Waals surface area contributed by atoms with Gasteiger partial charge in [-0.1, -0.05) is 0 Å². The Bertz CT molecular complexity index is 440. The maximum absolute atomic E-state index is 9.38. The summed E-state index contributed by atoms with van der Waals surface area (Å²) in [4.78, 5) is 0. The van der Waals surface area contributed by atoms with Gasteiger partial charge in [0.1, 0.15) is 0 Å². The first-order valence-corrected chi connectivity index (χ1v) is 6.63. The number of hydrogen-bond donors (Lipinski definition) is 2. The molecule has 5 nitrogen and oxygen atoms in total. The average molecular weight is 265 g/mol. The van der Waals surface area contributed by atoms with Gasteiger partial charge >= 0.3 is 0 Å². The molecular formula is C14H19NO4. The highest BCUT2D eigenvalue weighted by Gasteiger charge is 2.37. The van der Waals surface area contributed by atoms with E-state index in [1.807, 2.05) is 18.2 Å². The van der Waals surface area contributed by atoms with Gasteiger partial charge in [0, 0.05) is 24.7 Å². The number of rotatable bonds is 4. The average Bonchev–Trinajstić information content (AvgIpc) is 2.62. The predicted molar refractivity (Wildman–Crippen MR) is 70.9 cm³/mol. The Kier molecular flexibility index (Phi) is 3.48. The Hall–Kier alpha value is -1.46. The molecule has 0 aromatic heterocycles. The van der Waals surface area contributed by atoms with Gasteiger partial charge in [0.05, 0.1) is 38.4 Å². The van der Waals surface area contributed by atoms with Gasteiger partial charge < -0.3 is 24.6 Å². The molecule has 2 heterocycles. The van der Waals surface area contributed by atoms with Crippen molar-refractivity contribution in [3.05, 3.63) is 18.2 Å². The molecule has 0 spiro atoms. The van der Waals surface area contributed by atoms with Gasteiger partial charge in [0.25, 0.3) is 0 Å². The molecule has 0 bridgehead atoms. The third-order valence-corrected chi connectivity index (χ3v) is 3.57. The molecule has 0 atom stereocenters. The number of ether oxygens (including phenoxy) is 3. The van der Waals surface area contributed by atoms with E-state index in [0.717, 1.165) is 23.6 Å². The number of aliphatic hydroxyl groups is 1. The SMILES string of the molecule is OCC1(CNc2ccc3c(c2)OCCCO3)COC1. The molecule has 1 fully saturated rings. The van der Waals surface area contributed by atoms with E-state index in [1.54, 1.807) is 0 Å². The quantitative estimate of drug-likeness (QED) is 0.858. The topological polar surface area (TPSA) is 60.0 Å². The Morgan fingerprint density at radius 3 is 2.63 bits per heavy atom. The minimum atomic E-state index is -0.135. The van der Waals surface area contributed by atoms with Crippen molar-refractivity contribution in [1.82, 2.24) is 0 Å². The Morgan fingerprint density at radius 2 is 1.95 bits per heavy atom. The van der Waals surface area contributed by atoms with Crippen LogP contribution in [0.5, 0.6) is 11.5 Å². The standard InChI is InChI=1S/C14H19NO4/c16-8-14(9-17-10-14)7-15-11-2-3-12-13(6-11)19-5-1-4-18-12/h2-3,6,15-16H,1,4-5,7-10H2. The smallest absolute Gasteiger partial charge is 0.163 e. The van der Waals surface area contributed by atoms with E-state index in [9.17, 15) is 5.11 Å². The molecule has 0 amide bonds. The Labute approximate surface area is 112 Å². The zero-order chi connectivity index (χ0) is 13.1. The third-order valence-electron chi connectivity index (χ3n) is 3.57. The molecule has 2 aliphatic heterocycles. The number of hydrogen-bond acceptors (Lipinski definition) is 5. The first-order valence-electron chi connectivity index (χ1n) is 6.63. The Balaban J connectivity index is 1.66. The summed E-state index contributed by atoms with van der Waals surface area (Å²) in [5.41, 5.74) is 0.841. The highest BCUT2D eigenvalue weighted by atomic mass is 16.5. The van der Waals surface area contributed by atoms with Gasteiger partial charge in [-0.25, -0.2) is 0 Å². The molecule has 0 unspecified atom stereocenters. The molecule has 1 aromatic carbocycles. The number of aliphatic hydroxyl groups excluding tert-OH is 1. The monoisotopic (exact) mass is 265 g/mol. The van der Waals surface area contributed by atoms with Crippen LogP contribution >= 0.6 is 0 Å². The van der Waals surface area contributed by atoms with Crippen LogP contribution < -0.4 is 14.8 Å². The van der Waals surface area contributed by atoms with Crippen LogP contribution in [-0.2, 0) is 4.74 Å². The number of fused-ring (bicyclic) bond motifs is 1. The molecule has 3 rings (SSSR count). The van der Waals surface area contributed by atoms with Crippen LogP contribution in [0.15, 0.2) is 18.2 Å². The molecule has 1 aromatic rings. The van der Waals surface area contributed by atoms with E-state index in [0.29, 0.717) is 33.0 Å². The summed E-state index contributed by atoms with van der Waals surface area (Å²) in [5, 5.41) is 12.7. The lowest BCUT2D eigenvalue weighted by Gasteiger charge is -2.40. The fourth-order valence-corrected chi connectivity index (χ4v) is 2.20. The largest absolute Gasteiger partial charge is 0.490 e. The fourth-order valence-electron chi connectivity index (χ4n) is 2.20. The van der Waals surface area contributed by atoms with Crippen molar-refractivity contribution in [2.75, 3.05) is 44.9 Å². The normalized spacial score (nSPS) is 20.3. The second-order valence-corrected chi connectivity index (χ2v) is 5.22. The molecule has 0 radical (unpaired) electrons. The molecule has 2 N–H and O–H groups in total. The van der Waals surface area contributed by atoms with E-state index >= 15 is 0 Å². The number of nitrogens with one attached hydrogen (secondary N) is 1. The predicted octanol–water partition coefficient (Wildman–Crippen LogP) is 1.27. The first-order chi connectivity index (χ1) is 9.31. The fraction of sp³-hybridized carbons (Fsp3) is 0.571. The molecule has 0 aliphatic carbocycles. The second kappa shape index (κ2) is 5.27. The molecule has 2 aliphatic rings. The van der Waals surface area contributed by atoms with E-state index in [2.05, 4.69) is 5.32 Å². The van der Waals surface area contributed by atoms with Crippen molar-refractivity contribution >= 4 is 5.69 Å². The third kappa shape index (κ3) is 2.62. The summed E-state index contributed by atoms with van der Waals surface area (Å²) in [7, 11) is 0. The molecular weight excluding hydrogens is 246 g/mol. The summed E-state index contributed by atoms with van der Waals surface area (Å²) in [6.45, 7) is 3.45. The first kappa shape index (κ1) is 12.6. The van der Waals surface area contributed by atoms with E-state index in [1.165, 1.54) is 0 Å². The van der Waals surface area contributed by atoms with Gasteiger partial charge in [-0.05, 0) is 12.1 Å². The van der Waals surface area contributed by atoms with E-state index in [4.69, 9.17) is 14.2 Å². The second-order valence-electron chi connectivity index (χ2n) is 5.22. The van der Waals surface area contributed by atoms with E-state index in [-0.39, 0.29) is 12.0 Å². The summed E-state index contributed by atoms with van der Waals surface area (Å²) < 4.78 is 16.4. The van der Waals surface area contributed by atoms with Gasteiger partial charge in [0.2, 0.25) is 0 Å². The maximum Gasteiger partial charge on any atom is 0.163 e. The van der Waals surface area contributed by atoms with Crippen molar-refractivity contribution in [3.63, 3.8) is 0 Å². The summed E-state index contributed by atoms with van der Waals surface area (Å²) in [6, 6.07) is 5.84. The lowest BCUT2D eigenvalue weighted by Crippen LogP contribution is -2.50. The van der Waals surface area contributed by atoms with Gasteiger partial charge in [-0.15, -0.1) is 0 Å². The minimum Gasteiger partial charge on any atom is -0.490 e. The summed E-state index contributed by atoms with van der Waals surface area (Å²) >= 11 is 0. The van der Waals surface area contributed by atoms with Crippen LogP contribution in [0, 0.1) is 5.41 Å². The number of anilines is 1. The van der Waals surface area contributed by atoms with Crippen LogP contribution in [0.2, 0.25) is 0 Å². The van der Waals surface area contributed by atoms with Crippen LogP contribution in [0.3, 0.4) is 0 Å². The van der Waals surface area contributed by atoms with Crippen molar-refractivity contribution in [1.29, 1.82) is 0 Å². The molecule has 104 valence electrons. The van der Waals surface area contributed by atoms with Gasteiger partial charge in [-0.2, -0.15) is 0 Å². The van der Waals surface area contributed by atoms with Crippen molar-refractivity contribution in [3.8, 4) is 11.5 Å². The summed E-state index contributed by atoms with van der Waals surface area (Å²) in [5.74, 6) is 1.58. The van der Waals surface area contributed by atoms with E-state index < -0.39 is 0 Å². The van der Waals surface area contributed by atoms with Gasteiger partial charge in [-0.3, -0.25) is 0 Å². The lowest BCUT2D eigenvalue weighted by atomic mass is 9.87. The molecule has 1 saturated heterocycles. The highest BCUT2D eigenvalue weighted by molar-refractivity contribution is 5.55. The zero-order valence-electron chi connectivity index (χ0n) is 10.9.